The molecule has 2 aromatic rings. The minimum absolute atomic E-state index is 0.0419. The number of urea groups is 1. The van der Waals surface area contributed by atoms with E-state index in [1.54, 1.807) is 7.05 Å². The molecule has 0 aliphatic carbocycles. The molecule has 0 saturated carbocycles. The van der Waals surface area contributed by atoms with E-state index in [1.165, 1.54) is 4.90 Å². The molecule has 0 aromatic heterocycles. The van der Waals surface area contributed by atoms with Crippen molar-refractivity contribution in [2.45, 2.75) is 27.3 Å². The number of likely N-dealkylation sites (N-methyl/N-ethyl adjacent to an activating group) is 1. The number of hydrogen-bond acceptors (Lipinski definition) is 4. The van der Waals surface area contributed by atoms with Gasteiger partial charge < -0.3 is 25.0 Å². The van der Waals surface area contributed by atoms with Crippen LogP contribution in [0.5, 0.6) is 11.5 Å². The molecule has 0 spiro atoms. The zero-order chi connectivity index (χ0) is 21.0. The van der Waals surface area contributed by atoms with Crippen LogP contribution in [0.4, 0.5) is 10.5 Å². The summed E-state index contributed by atoms with van der Waals surface area (Å²) >= 11 is 0. The zero-order valence-corrected chi connectivity index (χ0v) is 17.3. The molecule has 3 amide bonds. The third-order valence-electron chi connectivity index (χ3n) is 4.72. The maximum Gasteiger partial charge on any atom is 0.317 e. The fourth-order valence-corrected chi connectivity index (χ4v) is 3.35. The first kappa shape index (κ1) is 20.5. The first-order valence-corrected chi connectivity index (χ1v) is 9.58. The Balaban J connectivity index is 1.52. The Morgan fingerprint density at radius 1 is 1.00 bits per heavy atom. The summed E-state index contributed by atoms with van der Waals surface area (Å²) < 4.78 is 11.0. The molecule has 7 heteroatoms. The minimum Gasteiger partial charge on any atom is -0.486 e. The summed E-state index contributed by atoms with van der Waals surface area (Å²) in [5.74, 6) is 1.15. The summed E-state index contributed by atoms with van der Waals surface area (Å²) in [5, 5.41) is 5.72. The molecular weight excluding hydrogens is 370 g/mol. The summed E-state index contributed by atoms with van der Waals surface area (Å²) in [5.41, 5.74) is 4.84. The second-order valence-corrected chi connectivity index (χ2v) is 7.31. The van der Waals surface area contributed by atoms with Crippen molar-refractivity contribution >= 4 is 17.6 Å². The quantitative estimate of drug-likeness (QED) is 0.812. The Labute approximate surface area is 171 Å². The SMILES string of the molecule is Cc1cc(C)c(NC(=O)CN(C)C(=O)NCc2ccc3c(c2)OCCO3)c(C)c1. The van der Waals surface area contributed by atoms with Crippen molar-refractivity contribution in [1.82, 2.24) is 10.2 Å². The number of nitrogens with zero attached hydrogens (tertiary/aromatic N) is 1. The summed E-state index contributed by atoms with van der Waals surface area (Å²) in [6.45, 7) is 7.28. The van der Waals surface area contributed by atoms with Crippen molar-refractivity contribution in [3.63, 3.8) is 0 Å². The summed E-state index contributed by atoms with van der Waals surface area (Å²) in [6, 6.07) is 9.28. The number of anilines is 1. The molecule has 0 saturated heterocycles. The second kappa shape index (κ2) is 8.86. The molecule has 1 heterocycles. The molecule has 2 aromatic carbocycles. The van der Waals surface area contributed by atoms with Crippen LogP contribution in [-0.4, -0.2) is 43.6 Å². The number of carbonyl (C=O) groups is 2. The van der Waals surface area contributed by atoms with Gasteiger partial charge in [0.1, 0.15) is 19.8 Å². The molecule has 1 aliphatic rings. The van der Waals surface area contributed by atoms with E-state index in [9.17, 15) is 9.59 Å². The predicted molar refractivity (Wildman–Crippen MR) is 112 cm³/mol. The van der Waals surface area contributed by atoms with Gasteiger partial charge in [-0.15, -0.1) is 0 Å². The van der Waals surface area contributed by atoms with Crippen molar-refractivity contribution < 1.29 is 19.1 Å². The highest BCUT2D eigenvalue weighted by molar-refractivity contribution is 5.95. The number of hydrogen-bond donors (Lipinski definition) is 2. The van der Waals surface area contributed by atoms with Crippen molar-refractivity contribution in [3.05, 3.63) is 52.6 Å². The van der Waals surface area contributed by atoms with Gasteiger partial charge in [-0.05, 0) is 49.6 Å². The number of aryl methyl sites for hydroxylation is 3. The number of benzene rings is 2. The number of nitrogens with one attached hydrogen (secondary N) is 2. The Bertz CT molecular complexity index is 903. The van der Waals surface area contributed by atoms with Crippen LogP contribution in [0.3, 0.4) is 0 Å². The second-order valence-electron chi connectivity index (χ2n) is 7.31. The van der Waals surface area contributed by atoms with Gasteiger partial charge in [-0.3, -0.25) is 4.79 Å². The maximum absolute atomic E-state index is 12.4. The molecule has 7 nitrogen and oxygen atoms in total. The van der Waals surface area contributed by atoms with Crippen molar-refractivity contribution in [3.8, 4) is 11.5 Å². The molecule has 3 rings (SSSR count). The molecule has 0 atom stereocenters. The smallest absolute Gasteiger partial charge is 0.317 e. The molecule has 0 unspecified atom stereocenters. The van der Waals surface area contributed by atoms with E-state index in [0.717, 1.165) is 27.9 Å². The molecule has 0 bridgehead atoms. The molecule has 0 fully saturated rings. The van der Waals surface area contributed by atoms with Gasteiger partial charge >= 0.3 is 6.03 Å². The average Bonchev–Trinajstić information content (AvgIpc) is 2.68. The average molecular weight is 397 g/mol. The largest absolute Gasteiger partial charge is 0.486 e. The molecular formula is C22H27N3O4. The van der Waals surface area contributed by atoms with Crippen LogP contribution in [0.15, 0.2) is 30.3 Å². The van der Waals surface area contributed by atoms with Gasteiger partial charge in [-0.2, -0.15) is 0 Å². The number of ether oxygens (including phenoxy) is 2. The Morgan fingerprint density at radius 2 is 1.66 bits per heavy atom. The van der Waals surface area contributed by atoms with Crippen LogP contribution in [0.25, 0.3) is 0 Å². The maximum atomic E-state index is 12.4. The number of rotatable bonds is 5. The Hall–Kier alpha value is -3.22. The first-order chi connectivity index (χ1) is 13.8. The fraction of sp³-hybridized carbons (Fsp3) is 0.364. The summed E-state index contributed by atoms with van der Waals surface area (Å²) in [4.78, 5) is 26.1. The van der Waals surface area contributed by atoms with Crippen molar-refractivity contribution in [1.29, 1.82) is 0 Å². The summed E-state index contributed by atoms with van der Waals surface area (Å²) in [7, 11) is 1.59. The van der Waals surface area contributed by atoms with Crippen molar-refractivity contribution in [2.75, 3.05) is 32.1 Å². The van der Waals surface area contributed by atoms with Crippen LogP contribution >= 0.6 is 0 Å². The highest BCUT2D eigenvalue weighted by atomic mass is 16.6. The van der Waals surface area contributed by atoms with Crippen molar-refractivity contribution in [2.24, 2.45) is 0 Å². The van der Waals surface area contributed by atoms with E-state index >= 15 is 0 Å². The van der Waals surface area contributed by atoms with Gasteiger partial charge in [0.05, 0.1) is 0 Å². The lowest BCUT2D eigenvalue weighted by atomic mass is 10.1. The van der Waals surface area contributed by atoms with E-state index in [-0.39, 0.29) is 18.5 Å². The predicted octanol–water partition coefficient (Wildman–Crippen LogP) is 3.16. The molecule has 154 valence electrons. The lowest BCUT2D eigenvalue weighted by Gasteiger charge is -2.20. The standard InChI is InChI=1S/C22H27N3O4/c1-14-9-15(2)21(16(3)10-14)24-20(26)13-25(4)22(27)23-12-17-5-6-18-19(11-17)29-8-7-28-18/h5-6,9-11H,7-8,12-13H2,1-4H3,(H,23,27)(H,24,26). The third-order valence-corrected chi connectivity index (χ3v) is 4.72. The molecule has 0 radical (unpaired) electrons. The van der Waals surface area contributed by atoms with E-state index in [2.05, 4.69) is 10.6 Å². The highest BCUT2D eigenvalue weighted by Gasteiger charge is 2.16. The lowest BCUT2D eigenvalue weighted by molar-refractivity contribution is -0.116. The monoisotopic (exact) mass is 397 g/mol. The van der Waals surface area contributed by atoms with Gasteiger partial charge in [-0.1, -0.05) is 23.8 Å². The van der Waals surface area contributed by atoms with Gasteiger partial charge in [0, 0.05) is 19.3 Å². The van der Waals surface area contributed by atoms with E-state index in [4.69, 9.17) is 9.47 Å². The number of amides is 3. The molecule has 1 aliphatic heterocycles. The number of carbonyl (C=O) groups excluding carboxylic acids is 2. The van der Waals surface area contributed by atoms with Gasteiger partial charge in [0.2, 0.25) is 5.91 Å². The minimum atomic E-state index is -0.326. The van der Waals surface area contributed by atoms with E-state index < -0.39 is 0 Å². The Kier molecular flexibility index (Phi) is 6.26. The van der Waals surface area contributed by atoms with Gasteiger partial charge in [0.15, 0.2) is 11.5 Å². The third kappa shape index (κ3) is 5.19. The zero-order valence-electron chi connectivity index (χ0n) is 17.3. The van der Waals surface area contributed by atoms with Gasteiger partial charge in [-0.25, -0.2) is 4.79 Å². The molecule has 2 N–H and O–H groups in total. The Morgan fingerprint density at radius 3 is 2.34 bits per heavy atom. The van der Waals surface area contributed by atoms with Gasteiger partial charge in [0.25, 0.3) is 0 Å². The number of fused-ring (bicyclic) bond motifs is 1. The van der Waals surface area contributed by atoms with Crippen LogP contribution in [0.1, 0.15) is 22.3 Å². The van der Waals surface area contributed by atoms with Crippen LogP contribution < -0.4 is 20.1 Å². The van der Waals surface area contributed by atoms with Crippen LogP contribution in [-0.2, 0) is 11.3 Å². The topological polar surface area (TPSA) is 79.9 Å². The molecule has 29 heavy (non-hydrogen) atoms. The summed E-state index contributed by atoms with van der Waals surface area (Å²) in [6.07, 6.45) is 0. The van der Waals surface area contributed by atoms with E-state index in [0.29, 0.717) is 31.3 Å². The fourth-order valence-electron chi connectivity index (χ4n) is 3.35. The normalized spacial score (nSPS) is 12.3. The highest BCUT2D eigenvalue weighted by Crippen LogP contribution is 2.30. The lowest BCUT2D eigenvalue weighted by Crippen LogP contribution is -2.41. The van der Waals surface area contributed by atoms with Crippen LogP contribution in [0, 0.1) is 20.8 Å². The van der Waals surface area contributed by atoms with E-state index in [1.807, 2.05) is 51.1 Å². The first-order valence-electron chi connectivity index (χ1n) is 9.58. The van der Waals surface area contributed by atoms with Crippen LogP contribution in [0.2, 0.25) is 0 Å².